The average molecular weight is 368 g/mol. The lowest BCUT2D eigenvalue weighted by molar-refractivity contribution is 0.103. The van der Waals surface area contributed by atoms with Crippen LogP contribution < -0.4 is 11.3 Å². The van der Waals surface area contributed by atoms with Crippen LogP contribution in [0.3, 0.4) is 0 Å². The Morgan fingerprint density at radius 2 is 2.17 bits per heavy atom. The molecule has 0 aliphatic rings. The Bertz CT molecular complexity index is 754. The summed E-state index contributed by atoms with van der Waals surface area (Å²) >= 11 is 8.80. The monoisotopic (exact) mass is 367 g/mol. The van der Waals surface area contributed by atoms with Gasteiger partial charge < -0.3 is 5.43 Å². The summed E-state index contributed by atoms with van der Waals surface area (Å²) in [6.45, 7) is 0. The number of hydrogen-bond donors (Lipinski definition) is 2. The number of nitrogens with zero attached hydrogens (tertiary/aromatic N) is 3. The van der Waals surface area contributed by atoms with Gasteiger partial charge in [0.15, 0.2) is 11.0 Å². The number of nitrogens with two attached hydrogens (primary N) is 1. The van der Waals surface area contributed by atoms with Crippen molar-refractivity contribution in [2.24, 2.45) is 10.8 Å². The van der Waals surface area contributed by atoms with Crippen LogP contribution in [0.25, 0.3) is 0 Å². The summed E-state index contributed by atoms with van der Waals surface area (Å²) in [5.41, 5.74) is 3.19. The Labute approximate surface area is 147 Å². The zero-order valence-corrected chi connectivity index (χ0v) is 14.8. The van der Waals surface area contributed by atoms with Crippen molar-refractivity contribution in [3.63, 3.8) is 0 Å². The Morgan fingerprint density at radius 1 is 1.39 bits per heavy atom. The van der Waals surface area contributed by atoms with Gasteiger partial charge >= 0.3 is 0 Å². The molecule has 0 saturated carbocycles. The van der Waals surface area contributed by atoms with Crippen molar-refractivity contribution in [3.05, 3.63) is 46.9 Å². The number of carbonyl (C=O) groups is 1. The molecule has 1 aromatic heterocycles. The van der Waals surface area contributed by atoms with E-state index in [0.29, 0.717) is 15.8 Å². The molecule has 0 spiro atoms. The summed E-state index contributed by atoms with van der Waals surface area (Å²) < 4.78 is 0. The molecule has 6 nitrogen and oxygen atoms in total. The average Bonchev–Trinajstić information content (AvgIpc) is 2.59. The van der Waals surface area contributed by atoms with Crippen molar-refractivity contribution < 1.29 is 4.79 Å². The summed E-state index contributed by atoms with van der Waals surface area (Å²) in [5.74, 6) is 5.13. The van der Waals surface area contributed by atoms with E-state index in [9.17, 15) is 4.79 Å². The fourth-order valence-corrected chi connectivity index (χ4v) is 3.22. The van der Waals surface area contributed by atoms with Crippen LogP contribution >= 0.6 is 35.1 Å². The number of rotatable bonds is 4. The molecule has 0 bridgehead atoms. The molecule has 0 amide bonds. The number of aliphatic imine (C=N–C) groups is 1. The van der Waals surface area contributed by atoms with Crippen LogP contribution in [-0.2, 0) is 0 Å². The van der Waals surface area contributed by atoms with E-state index >= 15 is 0 Å². The van der Waals surface area contributed by atoms with Crippen LogP contribution in [0.2, 0.25) is 5.15 Å². The third-order valence-electron chi connectivity index (χ3n) is 2.85. The van der Waals surface area contributed by atoms with Crippen molar-refractivity contribution in [2.75, 3.05) is 13.3 Å². The quantitative estimate of drug-likeness (QED) is 0.163. The highest BCUT2D eigenvalue weighted by atomic mass is 35.5. The number of benzene rings is 1. The number of nitrogens with one attached hydrogen (secondary N) is 1. The van der Waals surface area contributed by atoms with Gasteiger partial charge in [0.2, 0.25) is 0 Å². The minimum absolute atomic E-state index is 0.0922. The molecule has 0 aliphatic heterocycles. The largest absolute Gasteiger partial charge is 0.303 e. The molecule has 1 heterocycles. The summed E-state index contributed by atoms with van der Waals surface area (Å²) in [4.78, 5) is 25.8. The maximum absolute atomic E-state index is 12.8. The first kappa shape index (κ1) is 17.7. The van der Waals surface area contributed by atoms with Gasteiger partial charge in [-0.2, -0.15) is 0 Å². The fraction of sp³-hybridized carbons (Fsp3) is 0.143. The van der Waals surface area contributed by atoms with Crippen LogP contribution in [0.15, 0.2) is 45.5 Å². The zero-order chi connectivity index (χ0) is 16.8. The number of amidine groups is 1. The molecule has 1 aromatic carbocycles. The molecule has 0 saturated heterocycles. The lowest BCUT2D eigenvalue weighted by Crippen LogP contribution is -2.27. The predicted octanol–water partition coefficient (Wildman–Crippen LogP) is 2.62. The van der Waals surface area contributed by atoms with Crippen LogP contribution in [0.5, 0.6) is 0 Å². The molecule has 2 aromatic rings. The van der Waals surface area contributed by atoms with E-state index in [1.807, 2.05) is 18.4 Å². The SMILES string of the molecule is CN=C(NN)Sc1ncnc(Cl)c1C(=O)c1cccc(SC)c1. The minimum Gasteiger partial charge on any atom is -0.303 e. The van der Waals surface area contributed by atoms with E-state index in [-0.39, 0.29) is 16.5 Å². The van der Waals surface area contributed by atoms with E-state index in [2.05, 4.69) is 20.4 Å². The number of carbonyl (C=O) groups excluding carboxylic acids is 1. The first-order valence-corrected chi connectivity index (χ1v) is 8.83. The summed E-state index contributed by atoms with van der Waals surface area (Å²) in [6.07, 6.45) is 3.24. The number of thioether (sulfide) groups is 2. The third kappa shape index (κ3) is 4.23. The summed E-state index contributed by atoms with van der Waals surface area (Å²) in [6, 6.07) is 7.29. The lowest BCUT2D eigenvalue weighted by atomic mass is 10.1. The second kappa shape index (κ2) is 8.30. The first-order chi connectivity index (χ1) is 11.1. The fourth-order valence-electron chi connectivity index (χ4n) is 1.76. The number of ketones is 1. The number of aromatic nitrogens is 2. The molecule has 9 heteroatoms. The molecule has 0 radical (unpaired) electrons. The van der Waals surface area contributed by atoms with Gasteiger partial charge in [0.25, 0.3) is 0 Å². The molecule has 0 fully saturated rings. The second-order valence-corrected chi connectivity index (χ2v) is 6.40. The molecule has 120 valence electrons. The van der Waals surface area contributed by atoms with Crippen LogP contribution in [0, 0.1) is 0 Å². The van der Waals surface area contributed by atoms with Gasteiger partial charge in [-0.1, -0.05) is 23.7 Å². The predicted molar refractivity (Wildman–Crippen MR) is 95.2 cm³/mol. The van der Waals surface area contributed by atoms with E-state index < -0.39 is 0 Å². The highest BCUT2D eigenvalue weighted by Crippen LogP contribution is 2.28. The van der Waals surface area contributed by atoms with E-state index in [1.54, 1.807) is 30.9 Å². The standard InChI is InChI=1S/C14H14ClN5OS2/c1-17-14(20-16)23-13-10(12(15)18-7-19-13)11(21)8-4-3-5-9(6-8)22-2/h3-7H,16H2,1-2H3,(H,17,20). The van der Waals surface area contributed by atoms with E-state index in [4.69, 9.17) is 17.4 Å². The van der Waals surface area contributed by atoms with Crippen molar-refractivity contribution in [1.82, 2.24) is 15.4 Å². The molecule has 3 N–H and O–H groups in total. The minimum atomic E-state index is -0.249. The molecule has 0 atom stereocenters. The Hall–Kier alpha value is -1.61. The van der Waals surface area contributed by atoms with Crippen LogP contribution in [-0.4, -0.2) is 34.2 Å². The third-order valence-corrected chi connectivity index (χ3v) is 4.85. The molecular weight excluding hydrogens is 354 g/mol. The van der Waals surface area contributed by atoms with Crippen molar-refractivity contribution in [2.45, 2.75) is 9.92 Å². The number of hydrazine groups is 1. The van der Waals surface area contributed by atoms with Gasteiger partial charge in [0.1, 0.15) is 16.5 Å². The van der Waals surface area contributed by atoms with Crippen LogP contribution in [0.4, 0.5) is 0 Å². The molecule has 0 unspecified atom stereocenters. The Balaban J connectivity index is 2.47. The Morgan fingerprint density at radius 3 is 2.83 bits per heavy atom. The highest BCUT2D eigenvalue weighted by molar-refractivity contribution is 8.13. The van der Waals surface area contributed by atoms with Gasteiger partial charge in [-0.25, -0.2) is 15.8 Å². The van der Waals surface area contributed by atoms with Crippen molar-refractivity contribution in [1.29, 1.82) is 0 Å². The molecule has 0 aliphatic carbocycles. The van der Waals surface area contributed by atoms with E-state index in [1.165, 1.54) is 6.33 Å². The van der Waals surface area contributed by atoms with E-state index in [0.717, 1.165) is 16.7 Å². The zero-order valence-electron chi connectivity index (χ0n) is 12.4. The Kier molecular flexibility index (Phi) is 6.40. The normalized spacial score (nSPS) is 11.4. The van der Waals surface area contributed by atoms with Crippen LogP contribution in [0.1, 0.15) is 15.9 Å². The van der Waals surface area contributed by atoms with Gasteiger partial charge in [-0.05, 0) is 30.2 Å². The lowest BCUT2D eigenvalue weighted by Gasteiger charge is -2.10. The maximum atomic E-state index is 12.8. The summed E-state index contributed by atoms with van der Waals surface area (Å²) in [7, 11) is 1.58. The highest BCUT2D eigenvalue weighted by Gasteiger charge is 2.21. The van der Waals surface area contributed by atoms with Crippen molar-refractivity contribution >= 4 is 46.1 Å². The number of halogens is 1. The molecule has 23 heavy (non-hydrogen) atoms. The molecular formula is C14H14ClN5OS2. The molecule has 2 rings (SSSR count). The first-order valence-electron chi connectivity index (χ1n) is 6.41. The van der Waals surface area contributed by atoms with Gasteiger partial charge in [-0.3, -0.25) is 9.79 Å². The number of hydrogen-bond acceptors (Lipinski definition) is 7. The maximum Gasteiger partial charge on any atom is 0.198 e. The van der Waals surface area contributed by atoms with Gasteiger partial charge in [0, 0.05) is 17.5 Å². The summed E-state index contributed by atoms with van der Waals surface area (Å²) in [5, 5.41) is 0.893. The smallest absolute Gasteiger partial charge is 0.198 e. The van der Waals surface area contributed by atoms with Gasteiger partial charge in [0.05, 0.1) is 5.56 Å². The second-order valence-electron chi connectivity index (χ2n) is 4.18. The van der Waals surface area contributed by atoms with Crippen molar-refractivity contribution in [3.8, 4) is 0 Å². The van der Waals surface area contributed by atoms with Gasteiger partial charge in [-0.15, -0.1) is 11.8 Å². The topological polar surface area (TPSA) is 93.3 Å².